The van der Waals surface area contributed by atoms with Gasteiger partial charge in [0.2, 0.25) is 0 Å². The zero-order valence-corrected chi connectivity index (χ0v) is 8.81. The zero-order valence-electron chi connectivity index (χ0n) is 8.00. The molecule has 2 aliphatic rings. The van der Waals surface area contributed by atoms with Gasteiger partial charge in [0.05, 0.1) is 6.54 Å². The number of rotatable bonds is 2. The number of carbonyl (C=O) groups excluding carboxylic acids is 1. The highest BCUT2D eigenvalue weighted by Gasteiger charge is 2.23. The average Bonchev–Trinajstić information content (AvgIpc) is 2.53. The normalized spacial score (nSPS) is 26.9. The highest BCUT2D eigenvalue weighted by atomic mass is 32.2. The van der Waals surface area contributed by atoms with Crippen molar-refractivity contribution < 1.29 is 4.79 Å². The molecule has 2 rings (SSSR count). The Hall–Kier alpha value is -0.0200. The molecular formula is C10H17NOS. The number of nitrogens with zero attached hydrogens (tertiary/aromatic N) is 1. The molecule has 0 aromatic carbocycles. The minimum atomic E-state index is 0.435. The molecule has 2 nitrogen and oxygen atoms in total. The second kappa shape index (κ2) is 4.47. The smallest absolute Gasteiger partial charge is 0.148 e. The van der Waals surface area contributed by atoms with E-state index in [0.29, 0.717) is 5.78 Å². The second-order valence-corrected chi connectivity index (χ2v) is 5.30. The van der Waals surface area contributed by atoms with Crippen molar-refractivity contribution in [3.8, 4) is 0 Å². The fourth-order valence-corrected chi connectivity index (χ4v) is 3.34. The van der Waals surface area contributed by atoms with Gasteiger partial charge in [0.15, 0.2) is 0 Å². The van der Waals surface area contributed by atoms with Crippen molar-refractivity contribution in [2.24, 2.45) is 5.92 Å². The van der Waals surface area contributed by atoms with Gasteiger partial charge in [0, 0.05) is 19.5 Å². The van der Waals surface area contributed by atoms with E-state index in [1.807, 2.05) is 0 Å². The van der Waals surface area contributed by atoms with E-state index in [1.54, 1.807) is 0 Å². The molecule has 0 amide bonds. The number of thioether (sulfide) groups is 1. The standard InChI is InChI=1S/C10H17NOS/c12-10-1-4-11(8-10)7-9-2-5-13-6-3-9/h9H,1-8H2. The number of carbonyl (C=O) groups is 1. The van der Waals surface area contributed by atoms with Crippen molar-refractivity contribution in [1.29, 1.82) is 0 Å². The maximum absolute atomic E-state index is 11.0. The minimum absolute atomic E-state index is 0.435. The summed E-state index contributed by atoms with van der Waals surface area (Å²) in [6.07, 6.45) is 3.51. The van der Waals surface area contributed by atoms with Crippen molar-refractivity contribution in [1.82, 2.24) is 4.90 Å². The summed E-state index contributed by atoms with van der Waals surface area (Å²) in [7, 11) is 0. The Labute approximate surface area is 84.1 Å². The van der Waals surface area contributed by atoms with Crippen molar-refractivity contribution in [3.05, 3.63) is 0 Å². The van der Waals surface area contributed by atoms with Crippen LogP contribution in [0.25, 0.3) is 0 Å². The quantitative estimate of drug-likeness (QED) is 0.670. The third-order valence-electron chi connectivity index (χ3n) is 2.96. The SMILES string of the molecule is O=C1CCN(CC2CCSCC2)C1. The topological polar surface area (TPSA) is 20.3 Å². The highest BCUT2D eigenvalue weighted by molar-refractivity contribution is 7.99. The second-order valence-electron chi connectivity index (χ2n) is 4.08. The Morgan fingerprint density at radius 3 is 2.77 bits per heavy atom. The summed E-state index contributed by atoms with van der Waals surface area (Å²) in [5.41, 5.74) is 0. The molecule has 74 valence electrons. The molecule has 2 aliphatic heterocycles. The molecule has 0 saturated carbocycles. The molecule has 0 N–H and O–H groups in total. The lowest BCUT2D eigenvalue weighted by Gasteiger charge is -2.25. The van der Waals surface area contributed by atoms with Gasteiger partial charge in [-0.05, 0) is 30.3 Å². The maximum atomic E-state index is 11.0. The highest BCUT2D eigenvalue weighted by Crippen LogP contribution is 2.24. The van der Waals surface area contributed by atoms with Crippen molar-refractivity contribution >= 4 is 17.5 Å². The van der Waals surface area contributed by atoms with E-state index >= 15 is 0 Å². The summed E-state index contributed by atoms with van der Waals surface area (Å²) < 4.78 is 0. The summed E-state index contributed by atoms with van der Waals surface area (Å²) in [4.78, 5) is 13.4. The summed E-state index contributed by atoms with van der Waals surface area (Å²) in [6.45, 7) is 2.92. The van der Waals surface area contributed by atoms with Gasteiger partial charge in [-0.2, -0.15) is 11.8 Å². The lowest BCUT2D eigenvalue weighted by Crippen LogP contribution is -2.29. The van der Waals surface area contributed by atoms with Gasteiger partial charge in [0.1, 0.15) is 5.78 Å². The van der Waals surface area contributed by atoms with Crippen molar-refractivity contribution in [2.45, 2.75) is 19.3 Å². The van der Waals surface area contributed by atoms with Crippen LogP contribution in [-0.2, 0) is 4.79 Å². The largest absolute Gasteiger partial charge is 0.298 e. The first-order valence-corrected chi connectivity index (χ1v) is 6.32. The Bertz CT molecular complexity index is 189. The summed E-state index contributed by atoms with van der Waals surface area (Å²) in [5, 5.41) is 0. The zero-order chi connectivity index (χ0) is 9.10. The Balaban J connectivity index is 1.73. The van der Waals surface area contributed by atoms with Crippen LogP contribution in [0.5, 0.6) is 0 Å². The first kappa shape index (κ1) is 9.53. The molecule has 0 spiro atoms. The van der Waals surface area contributed by atoms with E-state index in [4.69, 9.17) is 0 Å². The lowest BCUT2D eigenvalue weighted by atomic mass is 10.0. The molecule has 0 bridgehead atoms. The van der Waals surface area contributed by atoms with Crippen LogP contribution in [0.2, 0.25) is 0 Å². The fourth-order valence-electron chi connectivity index (χ4n) is 2.14. The van der Waals surface area contributed by atoms with Crippen molar-refractivity contribution in [2.75, 3.05) is 31.1 Å². The van der Waals surface area contributed by atoms with Gasteiger partial charge in [-0.1, -0.05) is 0 Å². The van der Waals surface area contributed by atoms with Crippen LogP contribution in [0.1, 0.15) is 19.3 Å². The van der Waals surface area contributed by atoms with Crippen molar-refractivity contribution in [3.63, 3.8) is 0 Å². The summed E-state index contributed by atoms with van der Waals surface area (Å²) >= 11 is 2.07. The van der Waals surface area contributed by atoms with Gasteiger partial charge in [-0.25, -0.2) is 0 Å². The molecule has 2 heterocycles. The Kier molecular flexibility index (Phi) is 3.28. The van der Waals surface area contributed by atoms with E-state index in [0.717, 1.165) is 25.4 Å². The summed E-state index contributed by atoms with van der Waals surface area (Å²) in [5.74, 6) is 3.95. The lowest BCUT2D eigenvalue weighted by molar-refractivity contribution is -0.116. The van der Waals surface area contributed by atoms with Gasteiger partial charge in [-0.15, -0.1) is 0 Å². The third kappa shape index (κ3) is 2.71. The van der Waals surface area contributed by atoms with E-state index in [1.165, 1.54) is 30.9 Å². The number of hydrogen-bond acceptors (Lipinski definition) is 3. The first-order chi connectivity index (χ1) is 6.34. The predicted octanol–water partition coefficient (Wildman–Crippen LogP) is 1.40. The number of ketones is 1. The van der Waals surface area contributed by atoms with Crippen LogP contribution >= 0.6 is 11.8 Å². The minimum Gasteiger partial charge on any atom is -0.298 e. The molecule has 0 radical (unpaired) electrons. The van der Waals surface area contributed by atoms with E-state index < -0.39 is 0 Å². The van der Waals surface area contributed by atoms with E-state index in [9.17, 15) is 4.79 Å². The van der Waals surface area contributed by atoms with Gasteiger partial charge in [-0.3, -0.25) is 9.69 Å². The van der Waals surface area contributed by atoms with Crippen LogP contribution in [0.3, 0.4) is 0 Å². The Morgan fingerprint density at radius 1 is 1.38 bits per heavy atom. The molecule has 13 heavy (non-hydrogen) atoms. The molecule has 0 unspecified atom stereocenters. The molecule has 3 heteroatoms. The van der Waals surface area contributed by atoms with Crippen LogP contribution in [0.15, 0.2) is 0 Å². The van der Waals surface area contributed by atoms with E-state index in [-0.39, 0.29) is 0 Å². The molecular weight excluding hydrogens is 182 g/mol. The molecule has 0 atom stereocenters. The van der Waals surface area contributed by atoms with Crippen LogP contribution < -0.4 is 0 Å². The Morgan fingerprint density at radius 2 is 2.15 bits per heavy atom. The molecule has 0 aliphatic carbocycles. The van der Waals surface area contributed by atoms with Gasteiger partial charge < -0.3 is 0 Å². The van der Waals surface area contributed by atoms with E-state index in [2.05, 4.69) is 16.7 Å². The predicted molar refractivity (Wildman–Crippen MR) is 56.1 cm³/mol. The van der Waals surface area contributed by atoms with Crippen LogP contribution in [0, 0.1) is 5.92 Å². The number of likely N-dealkylation sites (tertiary alicyclic amines) is 1. The van der Waals surface area contributed by atoms with Crippen LogP contribution in [0.4, 0.5) is 0 Å². The molecule has 0 aromatic heterocycles. The fraction of sp³-hybridized carbons (Fsp3) is 0.900. The monoisotopic (exact) mass is 199 g/mol. The van der Waals surface area contributed by atoms with Gasteiger partial charge in [0.25, 0.3) is 0 Å². The average molecular weight is 199 g/mol. The molecule has 2 saturated heterocycles. The van der Waals surface area contributed by atoms with Gasteiger partial charge >= 0.3 is 0 Å². The maximum Gasteiger partial charge on any atom is 0.148 e. The first-order valence-electron chi connectivity index (χ1n) is 5.16. The third-order valence-corrected chi connectivity index (χ3v) is 4.01. The number of Topliss-reactive ketones (excluding diaryl/α,β-unsaturated/α-hetero) is 1. The number of hydrogen-bond donors (Lipinski definition) is 0. The summed E-state index contributed by atoms with van der Waals surface area (Å²) in [6, 6.07) is 0. The molecule has 0 aromatic rings. The van der Waals surface area contributed by atoms with Crippen LogP contribution in [-0.4, -0.2) is 41.8 Å². The molecule has 2 fully saturated rings.